The number of benzene rings is 3. The maximum Gasteiger partial charge on any atom is 0.338 e. The first kappa shape index (κ1) is 23.4. The fourth-order valence-corrected chi connectivity index (χ4v) is 5.87. The van der Waals surface area contributed by atoms with E-state index in [1.54, 1.807) is 24.3 Å². The highest BCUT2D eigenvalue weighted by molar-refractivity contribution is 7.92. The quantitative estimate of drug-likeness (QED) is 0.468. The minimum absolute atomic E-state index is 0.0205. The highest BCUT2D eigenvalue weighted by atomic mass is 35.5. The molecule has 7 nitrogen and oxygen atoms in total. The lowest BCUT2D eigenvalue weighted by molar-refractivity contribution is 0.0417. The number of carbonyl (C=O) groups is 1. The summed E-state index contributed by atoms with van der Waals surface area (Å²) in [6.07, 6.45) is 0. The number of anilines is 2. The minimum Gasteiger partial charge on any atom is -0.494 e. The third kappa shape index (κ3) is 4.17. The van der Waals surface area contributed by atoms with Crippen LogP contribution < -0.4 is 14.4 Å². The number of halogens is 3. The smallest absolute Gasteiger partial charge is 0.338 e. The number of carbonyl (C=O) groups excluding carboxylic acids is 1. The zero-order valence-electron chi connectivity index (χ0n) is 18.3. The lowest BCUT2D eigenvalue weighted by Crippen LogP contribution is -2.49. The van der Waals surface area contributed by atoms with Crippen molar-refractivity contribution in [3.05, 3.63) is 70.8 Å². The van der Waals surface area contributed by atoms with Crippen LogP contribution in [-0.2, 0) is 14.8 Å². The molecule has 3 aliphatic rings. The maximum atomic E-state index is 14.9. The highest BCUT2D eigenvalue weighted by Gasteiger charge is 2.32. The highest BCUT2D eigenvalue weighted by Crippen LogP contribution is 2.40. The van der Waals surface area contributed by atoms with Gasteiger partial charge >= 0.3 is 5.97 Å². The number of hydrogen-bond donors (Lipinski definition) is 1. The normalized spacial score (nSPS) is 17.0. The van der Waals surface area contributed by atoms with E-state index >= 15 is 0 Å². The third-order valence-electron chi connectivity index (χ3n) is 5.98. The standard InChI is InChI=1S/C24H19ClF2N2O5S/c1-33-23-17(25)6-14-7-22(23)35(31,32)28-20-8-16(18(26)9-19(20)27)15-4-2-3-5-21(15)29-10-13(11-29)12-34-24(14)30/h2-9,13,28H,10-12H2,1H3. The van der Waals surface area contributed by atoms with Crippen molar-refractivity contribution in [3.63, 3.8) is 0 Å². The predicted molar refractivity (Wildman–Crippen MR) is 127 cm³/mol. The van der Waals surface area contributed by atoms with Gasteiger partial charge in [0.15, 0.2) is 5.75 Å². The van der Waals surface area contributed by atoms with Crippen molar-refractivity contribution in [2.24, 2.45) is 5.92 Å². The van der Waals surface area contributed by atoms with Crippen LogP contribution in [0, 0.1) is 17.6 Å². The van der Waals surface area contributed by atoms with Crippen molar-refractivity contribution in [3.8, 4) is 16.9 Å². The summed E-state index contributed by atoms with van der Waals surface area (Å²) < 4.78 is 68.9. The molecular weight excluding hydrogens is 502 g/mol. The van der Waals surface area contributed by atoms with Crippen molar-refractivity contribution in [2.45, 2.75) is 4.90 Å². The van der Waals surface area contributed by atoms with Crippen LogP contribution in [0.3, 0.4) is 0 Å². The number of rotatable bonds is 1. The molecule has 0 unspecified atom stereocenters. The second kappa shape index (κ2) is 8.69. The van der Waals surface area contributed by atoms with Crippen molar-refractivity contribution in [1.82, 2.24) is 0 Å². The van der Waals surface area contributed by atoms with Crippen LogP contribution in [0.2, 0.25) is 5.02 Å². The van der Waals surface area contributed by atoms with Gasteiger partial charge in [0.05, 0.1) is 30.0 Å². The maximum absolute atomic E-state index is 14.9. The SMILES string of the molecule is COc1c(Cl)cc2cc1S(=O)(=O)Nc1cc(c(F)cc1F)-c1ccccc1N1CC(COC2=O)C1. The summed E-state index contributed by atoms with van der Waals surface area (Å²) in [5, 5.41) is -0.146. The largest absolute Gasteiger partial charge is 0.494 e. The number of methoxy groups -OCH3 is 1. The Morgan fingerprint density at radius 2 is 1.83 bits per heavy atom. The van der Waals surface area contributed by atoms with Gasteiger partial charge in [-0.2, -0.15) is 0 Å². The Morgan fingerprint density at radius 1 is 1.09 bits per heavy atom. The molecule has 3 heterocycles. The van der Waals surface area contributed by atoms with E-state index in [1.165, 1.54) is 13.2 Å². The Balaban J connectivity index is 1.71. The number of esters is 1. The summed E-state index contributed by atoms with van der Waals surface area (Å²) >= 11 is 6.20. The summed E-state index contributed by atoms with van der Waals surface area (Å²) in [4.78, 5) is 14.2. The van der Waals surface area contributed by atoms with E-state index in [0.717, 1.165) is 12.1 Å². The van der Waals surface area contributed by atoms with Crippen LogP contribution in [0.4, 0.5) is 20.2 Å². The molecule has 6 rings (SSSR count). The predicted octanol–water partition coefficient (Wildman–Crippen LogP) is 4.70. The van der Waals surface area contributed by atoms with E-state index in [0.29, 0.717) is 30.4 Å². The lowest BCUT2D eigenvalue weighted by atomic mass is 9.95. The first-order valence-electron chi connectivity index (χ1n) is 10.6. The van der Waals surface area contributed by atoms with Gasteiger partial charge in [0.2, 0.25) is 0 Å². The Labute approximate surface area is 205 Å². The second-order valence-electron chi connectivity index (χ2n) is 8.29. The number of nitrogens with one attached hydrogen (secondary N) is 1. The van der Waals surface area contributed by atoms with Crippen LogP contribution in [0.1, 0.15) is 10.4 Å². The van der Waals surface area contributed by atoms with Gasteiger partial charge in [0, 0.05) is 41.9 Å². The molecule has 11 heteroatoms. The molecule has 6 bridgehead atoms. The van der Waals surface area contributed by atoms with Gasteiger partial charge in [0.1, 0.15) is 16.5 Å². The molecule has 1 saturated heterocycles. The van der Waals surface area contributed by atoms with E-state index in [2.05, 4.69) is 4.72 Å². The molecular formula is C24H19ClF2N2O5S. The summed E-state index contributed by atoms with van der Waals surface area (Å²) in [6, 6.07) is 11.0. The monoisotopic (exact) mass is 520 g/mol. The average molecular weight is 521 g/mol. The number of fused-ring (bicyclic) bond motifs is 3. The molecule has 3 aromatic rings. The summed E-state index contributed by atoms with van der Waals surface area (Å²) in [6.45, 7) is 1.22. The number of ether oxygens (including phenoxy) is 2. The van der Waals surface area contributed by atoms with Crippen molar-refractivity contribution < 1.29 is 31.5 Å². The summed E-state index contributed by atoms with van der Waals surface area (Å²) in [5.74, 6) is -2.93. The van der Waals surface area contributed by atoms with Crippen molar-refractivity contribution in [1.29, 1.82) is 0 Å². The third-order valence-corrected chi connectivity index (χ3v) is 7.63. The Kier molecular flexibility index (Phi) is 5.80. The average Bonchev–Trinajstić information content (AvgIpc) is 2.79. The van der Waals surface area contributed by atoms with E-state index in [1.807, 2.05) is 4.90 Å². The Hall–Kier alpha value is -3.37. The molecule has 182 valence electrons. The van der Waals surface area contributed by atoms with Gasteiger partial charge in [-0.15, -0.1) is 0 Å². The number of nitrogens with zero attached hydrogens (tertiary/aromatic N) is 1. The minimum atomic E-state index is -4.53. The zero-order valence-corrected chi connectivity index (χ0v) is 19.9. The molecule has 1 fully saturated rings. The molecule has 0 aromatic heterocycles. The lowest BCUT2D eigenvalue weighted by Gasteiger charge is -2.41. The molecule has 0 atom stereocenters. The van der Waals surface area contributed by atoms with E-state index < -0.39 is 38.2 Å². The van der Waals surface area contributed by atoms with Crippen LogP contribution in [0.15, 0.2) is 53.4 Å². The van der Waals surface area contributed by atoms with E-state index in [4.69, 9.17) is 21.1 Å². The van der Waals surface area contributed by atoms with E-state index in [-0.39, 0.29) is 34.4 Å². The molecule has 0 amide bonds. The molecule has 0 spiro atoms. The molecule has 3 aromatic carbocycles. The zero-order chi connectivity index (χ0) is 24.9. The van der Waals surface area contributed by atoms with Gasteiger partial charge in [0.25, 0.3) is 10.0 Å². The van der Waals surface area contributed by atoms with E-state index in [9.17, 15) is 22.0 Å². The van der Waals surface area contributed by atoms with Gasteiger partial charge < -0.3 is 14.4 Å². The van der Waals surface area contributed by atoms with Gasteiger partial charge in [-0.05, 0) is 24.3 Å². The summed E-state index contributed by atoms with van der Waals surface area (Å²) in [7, 11) is -3.32. The first-order valence-corrected chi connectivity index (χ1v) is 12.4. The molecule has 0 radical (unpaired) electrons. The molecule has 35 heavy (non-hydrogen) atoms. The number of sulfonamides is 1. The van der Waals surface area contributed by atoms with Crippen LogP contribution >= 0.6 is 11.6 Å². The van der Waals surface area contributed by atoms with Crippen LogP contribution in [-0.4, -0.2) is 41.2 Å². The molecule has 0 aliphatic carbocycles. The van der Waals surface area contributed by atoms with Gasteiger partial charge in [-0.3, -0.25) is 4.72 Å². The number of para-hydroxylation sites is 1. The second-order valence-corrected chi connectivity index (χ2v) is 10.4. The van der Waals surface area contributed by atoms with Crippen molar-refractivity contribution >= 4 is 39.0 Å². The van der Waals surface area contributed by atoms with Crippen molar-refractivity contribution in [2.75, 3.05) is 36.4 Å². The van der Waals surface area contributed by atoms with Crippen LogP contribution in [0.25, 0.3) is 11.1 Å². The summed E-state index contributed by atoms with van der Waals surface area (Å²) in [5.41, 5.74) is 0.609. The number of hydrogen-bond acceptors (Lipinski definition) is 6. The topological polar surface area (TPSA) is 84.9 Å². The fourth-order valence-electron chi connectivity index (χ4n) is 4.24. The van der Waals surface area contributed by atoms with Gasteiger partial charge in [-0.1, -0.05) is 29.8 Å². The van der Waals surface area contributed by atoms with Gasteiger partial charge in [-0.25, -0.2) is 22.0 Å². The fraction of sp³-hybridized carbons (Fsp3) is 0.208. The Bertz CT molecular complexity index is 1460. The molecule has 0 saturated carbocycles. The van der Waals surface area contributed by atoms with Crippen LogP contribution in [0.5, 0.6) is 5.75 Å². The Morgan fingerprint density at radius 3 is 2.57 bits per heavy atom. The molecule has 1 N–H and O–H groups in total. The molecule has 3 aliphatic heterocycles. The first-order chi connectivity index (χ1) is 16.7.